The van der Waals surface area contributed by atoms with Gasteiger partial charge in [-0.25, -0.2) is 4.98 Å². The first-order valence-electron chi connectivity index (χ1n) is 4.54. The lowest BCUT2D eigenvalue weighted by molar-refractivity contribution is 1.14. The molecule has 0 atom stereocenters. The Bertz CT molecular complexity index is 395. The first kappa shape index (κ1) is 9.21. The lowest BCUT2D eigenvalue weighted by Crippen LogP contribution is -1.98. The Hall–Kier alpha value is -1.35. The van der Waals surface area contributed by atoms with Crippen molar-refractivity contribution in [3.05, 3.63) is 47.1 Å². The summed E-state index contributed by atoms with van der Waals surface area (Å²) in [7, 11) is 0. The molecule has 0 aliphatic carbocycles. The quantitative estimate of drug-likeness (QED) is 0.831. The summed E-state index contributed by atoms with van der Waals surface area (Å²) in [6, 6.07) is 10.4. The minimum atomic E-state index is 0.865. The third kappa shape index (κ3) is 2.12. The number of rotatable bonds is 3. The van der Waals surface area contributed by atoms with Crippen molar-refractivity contribution in [3.8, 4) is 0 Å². The van der Waals surface area contributed by atoms with E-state index < -0.39 is 0 Å². The van der Waals surface area contributed by atoms with Gasteiger partial charge in [0.1, 0.15) is 5.00 Å². The van der Waals surface area contributed by atoms with Crippen LogP contribution in [0.15, 0.2) is 35.8 Å². The predicted molar refractivity (Wildman–Crippen MR) is 60.6 cm³/mol. The Morgan fingerprint density at radius 3 is 2.71 bits per heavy atom. The van der Waals surface area contributed by atoms with Crippen LogP contribution in [-0.2, 0) is 6.54 Å². The molecule has 3 heteroatoms. The molecular formula is C11H12N2S. The normalized spacial score (nSPS) is 10.1. The molecule has 2 rings (SSSR count). The molecule has 2 aromatic rings. The molecule has 0 aliphatic rings. The number of nitrogens with zero attached hydrogens (tertiary/aromatic N) is 1. The van der Waals surface area contributed by atoms with Crippen LogP contribution in [0.3, 0.4) is 0 Å². The predicted octanol–water partition coefficient (Wildman–Crippen LogP) is 3.06. The van der Waals surface area contributed by atoms with E-state index in [1.165, 1.54) is 5.56 Å². The molecule has 0 saturated carbocycles. The van der Waals surface area contributed by atoms with Crippen LogP contribution in [0.1, 0.15) is 11.3 Å². The highest BCUT2D eigenvalue weighted by atomic mass is 32.1. The van der Waals surface area contributed by atoms with E-state index in [1.54, 1.807) is 11.3 Å². The maximum Gasteiger partial charge on any atom is 0.112 e. The molecule has 0 spiro atoms. The van der Waals surface area contributed by atoms with Crippen molar-refractivity contribution in [1.29, 1.82) is 0 Å². The fourth-order valence-electron chi connectivity index (χ4n) is 1.25. The van der Waals surface area contributed by atoms with E-state index in [0.717, 1.165) is 17.2 Å². The molecule has 0 bridgehead atoms. The summed E-state index contributed by atoms with van der Waals surface area (Å²) in [5, 5.41) is 4.53. The number of anilines is 1. The molecule has 0 aliphatic heterocycles. The zero-order chi connectivity index (χ0) is 9.80. The summed E-state index contributed by atoms with van der Waals surface area (Å²) < 4.78 is 0. The second-order valence-electron chi connectivity index (χ2n) is 3.11. The average molecular weight is 204 g/mol. The Morgan fingerprint density at radius 2 is 2.07 bits per heavy atom. The zero-order valence-corrected chi connectivity index (χ0v) is 8.84. The second-order valence-corrected chi connectivity index (χ2v) is 3.96. The monoisotopic (exact) mass is 204 g/mol. The van der Waals surface area contributed by atoms with Gasteiger partial charge in [0.05, 0.1) is 11.2 Å². The molecule has 0 saturated heterocycles. The number of hydrogen-bond donors (Lipinski definition) is 1. The second kappa shape index (κ2) is 4.24. The van der Waals surface area contributed by atoms with Gasteiger partial charge in [-0.2, -0.15) is 0 Å². The molecule has 1 aromatic heterocycles. The summed E-state index contributed by atoms with van der Waals surface area (Å²) in [6.45, 7) is 2.88. The van der Waals surface area contributed by atoms with Crippen LogP contribution in [-0.4, -0.2) is 4.98 Å². The number of aryl methyl sites for hydroxylation is 1. The van der Waals surface area contributed by atoms with Crippen LogP contribution in [0.2, 0.25) is 0 Å². The molecule has 1 heterocycles. The van der Waals surface area contributed by atoms with E-state index in [2.05, 4.69) is 34.6 Å². The smallest absolute Gasteiger partial charge is 0.112 e. The van der Waals surface area contributed by atoms with Crippen molar-refractivity contribution in [2.45, 2.75) is 13.5 Å². The van der Waals surface area contributed by atoms with Crippen LogP contribution >= 0.6 is 11.3 Å². The van der Waals surface area contributed by atoms with Gasteiger partial charge >= 0.3 is 0 Å². The molecule has 1 aromatic carbocycles. The summed E-state index contributed by atoms with van der Waals surface area (Å²) in [6.07, 6.45) is 0. The van der Waals surface area contributed by atoms with E-state index >= 15 is 0 Å². The Balaban J connectivity index is 1.99. The largest absolute Gasteiger partial charge is 0.371 e. The minimum Gasteiger partial charge on any atom is -0.371 e. The van der Waals surface area contributed by atoms with Gasteiger partial charge < -0.3 is 5.32 Å². The topological polar surface area (TPSA) is 24.9 Å². The van der Waals surface area contributed by atoms with Crippen LogP contribution in [0, 0.1) is 6.92 Å². The standard InChI is InChI=1S/C11H12N2S/c1-9-11(14-8-13-9)12-7-10-5-3-2-4-6-10/h2-6,8,12H,7H2,1H3. The van der Waals surface area contributed by atoms with Gasteiger partial charge in [-0.1, -0.05) is 30.3 Å². The Morgan fingerprint density at radius 1 is 1.29 bits per heavy atom. The highest BCUT2D eigenvalue weighted by Gasteiger charge is 1.99. The van der Waals surface area contributed by atoms with Crippen LogP contribution in [0.4, 0.5) is 5.00 Å². The van der Waals surface area contributed by atoms with E-state index in [0.29, 0.717) is 0 Å². The molecule has 2 nitrogen and oxygen atoms in total. The Labute approximate surface area is 87.6 Å². The van der Waals surface area contributed by atoms with E-state index in [4.69, 9.17) is 0 Å². The first-order valence-corrected chi connectivity index (χ1v) is 5.42. The van der Waals surface area contributed by atoms with Gasteiger partial charge in [0.2, 0.25) is 0 Å². The number of hydrogen-bond acceptors (Lipinski definition) is 3. The van der Waals surface area contributed by atoms with Crippen molar-refractivity contribution >= 4 is 16.3 Å². The SMILES string of the molecule is Cc1ncsc1NCc1ccccc1. The van der Waals surface area contributed by atoms with Crippen LogP contribution < -0.4 is 5.32 Å². The maximum atomic E-state index is 4.18. The van der Waals surface area contributed by atoms with Gasteiger partial charge in [-0.05, 0) is 12.5 Å². The molecule has 1 N–H and O–H groups in total. The summed E-state index contributed by atoms with van der Waals surface area (Å²) in [5.74, 6) is 0. The number of benzene rings is 1. The molecule has 0 radical (unpaired) electrons. The molecule has 0 amide bonds. The molecule has 14 heavy (non-hydrogen) atoms. The number of aromatic nitrogens is 1. The maximum absolute atomic E-state index is 4.18. The van der Waals surface area contributed by atoms with Gasteiger partial charge in [0.15, 0.2) is 0 Å². The lowest BCUT2D eigenvalue weighted by atomic mass is 10.2. The molecule has 72 valence electrons. The summed E-state index contributed by atoms with van der Waals surface area (Å²) in [4.78, 5) is 4.18. The molecule has 0 unspecified atom stereocenters. The van der Waals surface area contributed by atoms with E-state index in [1.807, 2.05) is 18.5 Å². The minimum absolute atomic E-state index is 0.865. The molecular weight excluding hydrogens is 192 g/mol. The van der Waals surface area contributed by atoms with Crippen LogP contribution in [0.25, 0.3) is 0 Å². The number of thiazole rings is 1. The highest BCUT2D eigenvalue weighted by molar-refractivity contribution is 7.14. The summed E-state index contributed by atoms with van der Waals surface area (Å²) >= 11 is 1.65. The van der Waals surface area contributed by atoms with Crippen molar-refractivity contribution < 1.29 is 0 Å². The van der Waals surface area contributed by atoms with Crippen molar-refractivity contribution in [2.24, 2.45) is 0 Å². The van der Waals surface area contributed by atoms with E-state index in [9.17, 15) is 0 Å². The fourth-order valence-corrected chi connectivity index (χ4v) is 1.94. The average Bonchev–Trinajstić information content (AvgIpc) is 2.63. The van der Waals surface area contributed by atoms with Gasteiger partial charge in [-0.3, -0.25) is 0 Å². The number of nitrogens with one attached hydrogen (secondary N) is 1. The third-order valence-electron chi connectivity index (χ3n) is 2.04. The lowest BCUT2D eigenvalue weighted by Gasteiger charge is -2.03. The molecule has 0 fully saturated rings. The van der Waals surface area contributed by atoms with Crippen molar-refractivity contribution in [1.82, 2.24) is 4.98 Å². The van der Waals surface area contributed by atoms with Gasteiger partial charge in [0.25, 0.3) is 0 Å². The van der Waals surface area contributed by atoms with Gasteiger partial charge in [-0.15, -0.1) is 11.3 Å². The third-order valence-corrected chi connectivity index (χ3v) is 2.93. The van der Waals surface area contributed by atoms with Crippen molar-refractivity contribution in [2.75, 3.05) is 5.32 Å². The highest BCUT2D eigenvalue weighted by Crippen LogP contribution is 2.19. The van der Waals surface area contributed by atoms with Crippen molar-refractivity contribution in [3.63, 3.8) is 0 Å². The summed E-state index contributed by atoms with van der Waals surface area (Å²) in [5.41, 5.74) is 4.23. The van der Waals surface area contributed by atoms with E-state index in [-0.39, 0.29) is 0 Å². The Kier molecular flexibility index (Phi) is 2.79. The van der Waals surface area contributed by atoms with Gasteiger partial charge in [0, 0.05) is 6.54 Å². The fraction of sp³-hybridized carbons (Fsp3) is 0.182. The first-order chi connectivity index (χ1) is 6.86. The van der Waals surface area contributed by atoms with Crippen LogP contribution in [0.5, 0.6) is 0 Å². The zero-order valence-electron chi connectivity index (χ0n) is 8.03.